The number of aliphatic hydroxyl groups is 1. The molecule has 1 amide bonds. The number of hydrogen-bond acceptors (Lipinski definition) is 8. The maximum atomic E-state index is 14.0. The Morgan fingerprint density at radius 3 is 2.49 bits per heavy atom. The van der Waals surface area contributed by atoms with Crippen LogP contribution in [0, 0.1) is 11.7 Å². The molecule has 0 aliphatic carbocycles. The number of carboxylic acid groups (broad SMARTS) is 2. The van der Waals surface area contributed by atoms with Gasteiger partial charge in [-0.15, -0.1) is 11.3 Å². The summed E-state index contributed by atoms with van der Waals surface area (Å²) >= 11 is 1.48. The van der Waals surface area contributed by atoms with Gasteiger partial charge in [-0.1, -0.05) is 6.07 Å². The number of carbonyl (C=O) groups excluding carboxylic acids is 1. The van der Waals surface area contributed by atoms with Gasteiger partial charge in [0, 0.05) is 37.1 Å². The van der Waals surface area contributed by atoms with E-state index in [1.54, 1.807) is 17.6 Å². The SMILES string of the molecule is CC(C)(C)N(CC(Cc1cscn1)CN1CCC2(CC1)OCc1ccc(F)cc12)C(=O)CC(O)(CC(=O)O)C(=O)O. The number of aliphatic carboxylic acids is 2. The number of amides is 1. The molecule has 10 nitrogen and oxygen atoms in total. The highest BCUT2D eigenvalue weighted by atomic mass is 32.1. The van der Waals surface area contributed by atoms with E-state index in [0.29, 0.717) is 45.5 Å². The second-order valence-corrected chi connectivity index (χ2v) is 12.9. The van der Waals surface area contributed by atoms with Crippen molar-refractivity contribution < 1.29 is 38.8 Å². The van der Waals surface area contributed by atoms with Gasteiger partial charge in [-0.25, -0.2) is 14.2 Å². The molecule has 0 saturated carbocycles. The van der Waals surface area contributed by atoms with Crippen LogP contribution < -0.4 is 0 Å². The van der Waals surface area contributed by atoms with Crippen molar-refractivity contribution in [3.8, 4) is 0 Å². The van der Waals surface area contributed by atoms with Gasteiger partial charge >= 0.3 is 11.9 Å². The lowest BCUT2D eigenvalue weighted by Gasteiger charge is -2.43. The molecule has 12 heteroatoms. The third-order valence-corrected chi connectivity index (χ3v) is 8.70. The molecule has 2 aromatic rings. The molecule has 1 fully saturated rings. The van der Waals surface area contributed by atoms with Gasteiger partial charge in [-0.3, -0.25) is 9.59 Å². The first-order chi connectivity index (χ1) is 19.2. The predicted octanol–water partition coefficient (Wildman–Crippen LogP) is 3.27. The third kappa shape index (κ3) is 7.29. The summed E-state index contributed by atoms with van der Waals surface area (Å²) in [5.74, 6) is -4.25. The van der Waals surface area contributed by atoms with Gasteiger partial charge < -0.3 is 29.9 Å². The second kappa shape index (κ2) is 12.1. The second-order valence-electron chi connectivity index (χ2n) is 12.2. The van der Waals surface area contributed by atoms with E-state index in [9.17, 15) is 29.0 Å². The number of aromatic nitrogens is 1. The van der Waals surface area contributed by atoms with Crippen LogP contribution in [0.25, 0.3) is 0 Å². The zero-order valence-corrected chi connectivity index (χ0v) is 24.5. The molecule has 1 aromatic carbocycles. The first-order valence-electron chi connectivity index (χ1n) is 13.7. The average Bonchev–Trinajstić information content (AvgIpc) is 3.50. The van der Waals surface area contributed by atoms with Crippen molar-refractivity contribution in [1.82, 2.24) is 14.8 Å². The van der Waals surface area contributed by atoms with E-state index < -0.39 is 47.4 Å². The fourth-order valence-corrected chi connectivity index (χ4v) is 6.48. The molecule has 2 aliphatic heterocycles. The molecule has 2 aliphatic rings. The van der Waals surface area contributed by atoms with Crippen molar-refractivity contribution in [2.45, 2.75) is 76.2 Å². The molecule has 41 heavy (non-hydrogen) atoms. The van der Waals surface area contributed by atoms with E-state index in [1.165, 1.54) is 22.3 Å². The van der Waals surface area contributed by atoms with Crippen molar-refractivity contribution in [3.05, 3.63) is 51.7 Å². The number of carbonyl (C=O) groups is 3. The van der Waals surface area contributed by atoms with Crippen LogP contribution in [0.1, 0.15) is 63.3 Å². The molecular weight excluding hydrogens is 553 g/mol. The lowest BCUT2D eigenvalue weighted by molar-refractivity contribution is -0.170. The number of benzene rings is 1. The molecule has 3 N–H and O–H groups in total. The molecule has 4 rings (SSSR count). The van der Waals surface area contributed by atoms with E-state index in [2.05, 4.69) is 9.88 Å². The molecular formula is C29H38FN3O7S. The molecule has 0 radical (unpaired) electrons. The number of piperidine rings is 1. The van der Waals surface area contributed by atoms with Crippen LogP contribution in [0.3, 0.4) is 0 Å². The molecule has 2 unspecified atom stereocenters. The Morgan fingerprint density at radius 1 is 1.20 bits per heavy atom. The van der Waals surface area contributed by atoms with E-state index in [4.69, 9.17) is 9.84 Å². The average molecular weight is 592 g/mol. The summed E-state index contributed by atoms with van der Waals surface area (Å²) in [4.78, 5) is 44.7. The van der Waals surface area contributed by atoms with Crippen molar-refractivity contribution >= 4 is 29.2 Å². The summed E-state index contributed by atoms with van der Waals surface area (Å²) in [6.07, 6.45) is 0.0485. The minimum absolute atomic E-state index is 0.0825. The summed E-state index contributed by atoms with van der Waals surface area (Å²) in [5, 5.41) is 31.2. The van der Waals surface area contributed by atoms with Crippen LogP contribution >= 0.6 is 11.3 Å². The van der Waals surface area contributed by atoms with Crippen LogP contribution in [0.15, 0.2) is 29.1 Å². The fraction of sp³-hybridized carbons (Fsp3) is 0.586. The minimum atomic E-state index is -2.71. The quantitative estimate of drug-likeness (QED) is 0.359. The summed E-state index contributed by atoms with van der Waals surface area (Å²) in [7, 11) is 0. The van der Waals surface area contributed by atoms with E-state index in [0.717, 1.165) is 16.8 Å². The number of halogens is 1. The van der Waals surface area contributed by atoms with Crippen LogP contribution in [-0.2, 0) is 37.7 Å². The first kappa shape index (κ1) is 31.0. The number of thiazole rings is 1. The van der Waals surface area contributed by atoms with Crippen molar-refractivity contribution in [3.63, 3.8) is 0 Å². The molecule has 3 heterocycles. The summed E-state index contributed by atoms with van der Waals surface area (Å²) in [6, 6.07) is 4.83. The number of fused-ring (bicyclic) bond motifs is 2. The molecule has 1 aromatic heterocycles. The maximum absolute atomic E-state index is 14.0. The zero-order chi connectivity index (χ0) is 30.0. The Hall–Kier alpha value is -2.93. The van der Waals surface area contributed by atoms with Gasteiger partial charge in [0.2, 0.25) is 5.91 Å². The zero-order valence-electron chi connectivity index (χ0n) is 23.6. The highest BCUT2D eigenvalue weighted by Gasteiger charge is 2.45. The lowest BCUT2D eigenvalue weighted by Crippen LogP contribution is -2.54. The number of carboxylic acids is 2. The Kier molecular flexibility index (Phi) is 9.17. The Bertz CT molecular complexity index is 1260. The highest BCUT2D eigenvalue weighted by molar-refractivity contribution is 7.07. The van der Waals surface area contributed by atoms with Crippen molar-refractivity contribution in [2.75, 3.05) is 26.2 Å². The normalized spacial score (nSPS) is 19.0. The van der Waals surface area contributed by atoms with Gasteiger partial charge in [0.15, 0.2) is 5.60 Å². The standard InChI is InChI=1S/C29H38FN3O7S/c1-27(2,3)33(24(34)12-28(39,26(37)38)13-25(35)36)15-19(10-22-17-41-18-31-22)14-32-8-6-29(7-9-32)23-11-21(30)5-4-20(23)16-40-29/h4-5,11,17-19,39H,6-10,12-16H2,1-3H3,(H,35,36)(H,37,38). The summed E-state index contributed by atoms with van der Waals surface area (Å²) in [6.45, 7) is 8.24. The topological polar surface area (TPSA) is 140 Å². The van der Waals surface area contributed by atoms with Gasteiger partial charge in [0.05, 0.1) is 36.3 Å². The van der Waals surface area contributed by atoms with Gasteiger partial charge in [0.1, 0.15) is 5.82 Å². The van der Waals surface area contributed by atoms with E-state index >= 15 is 0 Å². The largest absolute Gasteiger partial charge is 0.481 e. The molecule has 1 spiro atoms. The minimum Gasteiger partial charge on any atom is -0.481 e. The van der Waals surface area contributed by atoms with Crippen LogP contribution in [0.2, 0.25) is 0 Å². The van der Waals surface area contributed by atoms with Crippen LogP contribution in [0.4, 0.5) is 4.39 Å². The first-order valence-corrected chi connectivity index (χ1v) is 14.7. The number of ether oxygens (including phenoxy) is 1. The number of nitrogens with zero attached hydrogens (tertiary/aromatic N) is 3. The van der Waals surface area contributed by atoms with Gasteiger partial charge in [-0.05, 0) is 69.2 Å². The Morgan fingerprint density at radius 2 is 1.90 bits per heavy atom. The maximum Gasteiger partial charge on any atom is 0.336 e. The van der Waals surface area contributed by atoms with E-state index in [1.807, 2.05) is 26.2 Å². The van der Waals surface area contributed by atoms with Crippen LogP contribution in [-0.4, -0.2) is 85.3 Å². The Balaban J connectivity index is 1.49. The smallest absolute Gasteiger partial charge is 0.336 e. The number of rotatable bonds is 11. The Labute approximate surface area is 242 Å². The third-order valence-electron chi connectivity index (χ3n) is 8.07. The fourth-order valence-electron chi connectivity index (χ4n) is 5.91. The molecule has 0 bridgehead atoms. The molecule has 2 atom stereocenters. The highest BCUT2D eigenvalue weighted by Crippen LogP contribution is 2.44. The van der Waals surface area contributed by atoms with Crippen molar-refractivity contribution in [2.24, 2.45) is 5.92 Å². The monoisotopic (exact) mass is 591 g/mol. The summed E-state index contributed by atoms with van der Waals surface area (Å²) < 4.78 is 20.3. The van der Waals surface area contributed by atoms with Gasteiger partial charge in [-0.2, -0.15) is 0 Å². The van der Waals surface area contributed by atoms with E-state index in [-0.39, 0.29) is 18.3 Å². The number of likely N-dealkylation sites (tertiary alicyclic amines) is 1. The lowest BCUT2D eigenvalue weighted by atomic mass is 9.83. The van der Waals surface area contributed by atoms with Crippen LogP contribution in [0.5, 0.6) is 0 Å². The summed E-state index contributed by atoms with van der Waals surface area (Å²) in [5.41, 5.74) is 0.629. The van der Waals surface area contributed by atoms with Gasteiger partial charge in [0.25, 0.3) is 0 Å². The predicted molar refractivity (Wildman–Crippen MR) is 149 cm³/mol. The van der Waals surface area contributed by atoms with Crippen molar-refractivity contribution in [1.29, 1.82) is 0 Å². The molecule has 1 saturated heterocycles. The molecule has 224 valence electrons. The number of hydrogen-bond donors (Lipinski definition) is 3.